The van der Waals surface area contributed by atoms with Crippen LogP contribution in [0.4, 0.5) is 5.69 Å². The van der Waals surface area contributed by atoms with E-state index in [0.717, 1.165) is 5.56 Å². The van der Waals surface area contributed by atoms with E-state index in [2.05, 4.69) is 4.98 Å². The molecule has 1 aromatic carbocycles. The smallest absolute Gasteiger partial charge is 0.270 e. The molecule has 0 aliphatic rings. The van der Waals surface area contributed by atoms with Crippen molar-refractivity contribution in [3.8, 4) is 11.6 Å². The van der Waals surface area contributed by atoms with Gasteiger partial charge in [-0.3, -0.25) is 10.1 Å². The second-order valence-corrected chi connectivity index (χ2v) is 4.41. The van der Waals surface area contributed by atoms with Crippen LogP contribution in [-0.2, 0) is 12.5 Å². The molecule has 0 atom stereocenters. The van der Waals surface area contributed by atoms with Crippen molar-refractivity contribution >= 4 is 17.3 Å². The highest BCUT2D eigenvalue weighted by Gasteiger charge is 2.12. The maximum Gasteiger partial charge on any atom is 0.270 e. The summed E-state index contributed by atoms with van der Waals surface area (Å²) in [5.74, 6) is 1.11. The number of halogens is 1. The van der Waals surface area contributed by atoms with E-state index in [0.29, 0.717) is 17.2 Å². The predicted molar refractivity (Wildman–Crippen MR) is 77.8 cm³/mol. The average molecular weight is 309 g/mol. The molecule has 0 radical (unpaired) electrons. The van der Waals surface area contributed by atoms with Gasteiger partial charge in [-0.2, -0.15) is 0 Å². The van der Waals surface area contributed by atoms with Crippen molar-refractivity contribution in [1.29, 1.82) is 0 Å². The molecule has 1 aromatic heterocycles. The fourth-order valence-electron chi connectivity index (χ4n) is 1.80. The third-order valence-corrected chi connectivity index (χ3v) is 3.11. The number of benzene rings is 1. The monoisotopic (exact) mass is 308 g/mol. The van der Waals surface area contributed by atoms with Gasteiger partial charge in [0.05, 0.1) is 23.5 Å². The number of nitro groups is 1. The van der Waals surface area contributed by atoms with Crippen LogP contribution < -0.4 is 9.47 Å². The van der Waals surface area contributed by atoms with E-state index in [-0.39, 0.29) is 18.2 Å². The van der Waals surface area contributed by atoms with Gasteiger partial charge >= 0.3 is 0 Å². The third-order valence-electron chi connectivity index (χ3n) is 2.83. The maximum absolute atomic E-state index is 10.7. The summed E-state index contributed by atoms with van der Waals surface area (Å²) in [6.07, 6.45) is 1.62. The van der Waals surface area contributed by atoms with Crippen LogP contribution in [0.1, 0.15) is 11.1 Å². The van der Waals surface area contributed by atoms with Gasteiger partial charge in [0.2, 0.25) is 5.88 Å². The number of ether oxygens (including phenoxy) is 2. The Morgan fingerprint density at radius 3 is 2.81 bits per heavy atom. The molecular weight excluding hydrogens is 296 g/mol. The van der Waals surface area contributed by atoms with Crippen LogP contribution in [-0.4, -0.2) is 17.0 Å². The van der Waals surface area contributed by atoms with Gasteiger partial charge in [-0.05, 0) is 18.2 Å². The summed E-state index contributed by atoms with van der Waals surface area (Å²) in [4.78, 5) is 14.3. The van der Waals surface area contributed by atoms with E-state index in [4.69, 9.17) is 21.1 Å². The minimum Gasteiger partial charge on any atom is -0.488 e. The van der Waals surface area contributed by atoms with Crippen molar-refractivity contribution in [2.75, 3.05) is 7.11 Å². The summed E-state index contributed by atoms with van der Waals surface area (Å²) >= 11 is 5.81. The first-order valence-corrected chi connectivity index (χ1v) is 6.63. The molecule has 0 aliphatic heterocycles. The lowest BCUT2D eigenvalue weighted by Gasteiger charge is -2.11. The Morgan fingerprint density at radius 1 is 1.33 bits per heavy atom. The number of hydrogen-bond acceptors (Lipinski definition) is 5. The molecule has 0 amide bonds. The second-order valence-electron chi connectivity index (χ2n) is 4.14. The number of pyridine rings is 1. The predicted octanol–water partition coefficient (Wildman–Crippen LogP) is 3.32. The Morgan fingerprint density at radius 2 is 2.14 bits per heavy atom. The topological polar surface area (TPSA) is 74.5 Å². The van der Waals surface area contributed by atoms with Gasteiger partial charge in [-0.1, -0.05) is 0 Å². The molecule has 7 heteroatoms. The SMILES string of the molecule is COc1ncccc1COc1ccc([N+](=O)[O-])cc1CCl. The van der Waals surface area contributed by atoms with Gasteiger partial charge in [-0.15, -0.1) is 11.6 Å². The normalized spacial score (nSPS) is 10.2. The quantitative estimate of drug-likeness (QED) is 0.465. The molecule has 0 unspecified atom stereocenters. The summed E-state index contributed by atoms with van der Waals surface area (Å²) in [5.41, 5.74) is 1.32. The Kier molecular flexibility index (Phi) is 4.94. The molecule has 6 nitrogen and oxygen atoms in total. The summed E-state index contributed by atoms with van der Waals surface area (Å²) in [7, 11) is 1.53. The Bertz CT molecular complexity index is 649. The maximum atomic E-state index is 10.7. The lowest BCUT2D eigenvalue weighted by atomic mass is 10.2. The van der Waals surface area contributed by atoms with Crippen molar-refractivity contribution in [3.05, 3.63) is 57.8 Å². The van der Waals surface area contributed by atoms with Crippen molar-refractivity contribution < 1.29 is 14.4 Å². The lowest BCUT2D eigenvalue weighted by Crippen LogP contribution is -2.02. The molecule has 0 saturated carbocycles. The number of alkyl halides is 1. The Labute approximate surface area is 126 Å². The van der Waals surface area contributed by atoms with Crippen LogP contribution in [0.2, 0.25) is 0 Å². The summed E-state index contributed by atoms with van der Waals surface area (Å²) in [5, 5.41) is 10.7. The van der Waals surface area contributed by atoms with Crippen LogP contribution in [0.15, 0.2) is 36.5 Å². The zero-order valence-electron chi connectivity index (χ0n) is 11.3. The number of non-ortho nitro benzene ring substituents is 1. The molecule has 1 heterocycles. The first-order chi connectivity index (χ1) is 10.2. The minimum atomic E-state index is -0.468. The van der Waals surface area contributed by atoms with Gasteiger partial charge in [-0.25, -0.2) is 4.98 Å². The van der Waals surface area contributed by atoms with Crippen LogP contribution in [0.3, 0.4) is 0 Å². The van der Waals surface area contributed by atoms with E-state index in [1.165, 1.54) is 19.2 Å². The average Bonchev–Trinajstić information content (AvgIpc) is 2.52. The number of nitrogens with zero attached hydrogens (tertiary/aromatic N) is 2. The van der Waals surface area contributed by atoms with Gasteiger partial charge in [0.25, 0.3) is 5.69 Å². The van der Waals surface area contributed by atoms with Crippen molar-refractivity contribution in [1.82, 2.24) is 4.98 Å². The van der Waals surface area contributed by atoms with Gasteiger partial charge < -0.3 is 9.47 Å². The van der Waals surface area contributed by atoms with E-state index < -0.39 is 4.92 Å². The van der Waals surface area contributed by atoms with E-state index in [9.17, 15) is 10.1 Å². The van der Waals surface area contributed by atoms with Crippen LogP contribution in [0.5, 0.6) is 11.6 Å². The third kappa shape index (κ3) is 3.61. The van der Waals surface area contributed by atoms with Gasteiger partial charge in [0.1, 0.15) is 12.4 Å². The first kappa shape index (κ1) is 15.1. The van der Waals surface area contributed by atoms with Crippen LogP contribution in [0, 0.1) is 10.1 Å². The molecule has 0 saturated heterocycles. The van der Waals surface area contributed by atoms with Gasteiger partial charge in [0, 0.05) is 23.9 Å². The Hall–Kier alpha value is -2.34. The molecule has 0 spiro atoms. The molecule has 0 N–H and O–H groups in total. The van der Waals surface area contributed by atoms with Crippen molar-refractivity contribution in [2.45, 2.75) is 12.5 Å². The number of methoxy groups -OCH3 is 1. The summed E-state index contributed by atoms with van der Waals surface area (Å²) < 4.78 is 10.8. The van der Waals surface area contributed by atoms with Gasteiger partial charge in [0.15, 0.2) is 0 Å². The first-order valence-electron chi connectivity index (χ1n) is 6.09. The van der Waals surface area contributed by atoms with E-state index in [1.807, 2.05) is 6.07 Å². The Balaban J connectivity index is 2.18. The fourth-order valence-corrected chi connectivity index (χ4v) is 2.01. The van der Waals surface area contributed by atoms with E-state index >= 15 is 0 Å². The van der Waals surface area contributed by atoms with Crippen molar-refractivity contribution in [2.24, 2.45) is 0 Å². The van der Waals surface area contributed by atoms with Crippen LogP contribution in [0.25, 0.3) is 0 Å². The lowest BCUT2D eigenvalue weighted by molar-refractivity contribution is -0.384. The van der Waals surface area contributed by atoms with Crippen molar-refractivity contribution in [3.63, 3.8) is 0 Å². The molecule has 0 aliphatic carbocycles. The number of aromatic nitrogens is 1. The number of hydrogen-bond donors (Lipinski definition) is 0. The number of nitro benzene ring substituents is 1. The zero-order valence-corrected chi connectivity index (χ0v) is 12.0. The largest absolute Gasteiger partial charge is 0.488 e. The molecule has 0 fully saturated rings. The number of rotatable bonds is 6. The second kappa shape index (κ2) is 6.90. The zero-order chi connectivity index (χ0) is 15.2. The minimum absolute atomic E-state index is 0.0167. The highest BCUT2D eigenvalue weighted by atomic mass is 35.5. The molecular formula is C14H13ClN2O4. The summed E-state index contributed by atoms with van der Waals surface area (Å²) in [6, 6.07) is 7.93. The standard InChI is InChI=1S/C14H13ClN2O4/c1-20-14-10(3-2-6-16-14)9-21-13-5-4-12(17(18)19)7-11(13)8-15/h2-7H,8-9H2,1H3. The van der Waals surface area contributed by atoms with E-state index in [1.54, 1.807) is 18.3 Å². The summed E-state index contributed by atoms with van der Waals surface area (Å²) in [6.45, 7) is 0.235. The highest BCUT2D eigenvalue weighted by molar-refractivity contribution is 6.17. The van der Waals surface area contributed by atoms with Crippen LogP contribution >= 0.6 is 11.6 Å². The molecule has 0 bridgehead atoms. The molecule has 2 aromatic rings. The highest BCUT2D eigenvalue weighted by Crippen LogP contribution is 2.27. The molecule has 21 heavy (non-hydrogen) atoms. The fraction of sp³-hybridized carbons (Fsp3) is 0.214. The molecule has 2 rings (SSSR count). The molecule has 110 valence electrons.